The predicted octanol–water partition coefficient (Wildman–Crippen LogP) is 3.50. The monoisotopic (exact) mass is 530 g/mol. The summed E-state index contributed by atoms with van der Waals surface area (Å²) in [5, 5.41) is 10.2. The zero-order chi connectivity index (χ0) is 27.9. The van der Waals surface area contributed by atoms with Crippen LogP contribution in [0, 0.1) is 0 Å². The first-order valence-electron chi connectivity index (χ1n) is 12.4. The van der Waals surface area contributed by atoms with E-state index in [1.54, 1.807) is 7.05 Å². The molecule has 5 rings (SSSR count). The minimum atomic E-state index is -0.675. The third kappa shape index (κ3) is 6.31. The molecule has 0 saturated carbocycles. The molecule has 6 amide bonds. The Kier molecular flexibility index (Phi) is 8.70. The predicted molar refractivity (Wildman–Crippen MR) is 141 cm³/mol. The van der Waals surface area contributed by atoms with E-state index in [-0.39, 0.29) is 17.6 Å². The number of likely N-dealkylation sites (N-methyl/N-ethyl adjacent to an activating group) is 2. The zero-order valence-corrected chi connectivity index (χ0v) is 21.7. The molecule has 0 spiro atoms. The Morgan fingerprint density at radius 3 is 1.46 bits per heavy atom. The van der Waals surface area contributed by atoms with E-state index < -0.39 is 30.1 Å². The van der Waals surface area contributed by atoms with Gasteiger partial charge in [0, 0.05) is 26.9 Å². The van der Waals surface area contributed by atoms with E-state index in [1.165, 1.54) is 16.8 Å². The van der Waals surface area contributed by atoms with Crippen molar-refractivity contribution in [3.8, 4) is 0 Å². The van der Waals surface area contributed by atoms with Gasteiger partial charge in [0.1, 0.15) is 18.7 Å². The molecule has 2 fully saturated rings. The van der Waals surface area contributed by atoms with Crippen molar-refractivity contribution in [2.75, 3.05) is 14.1 Å². The van der Waals surface area contributed by atoms with Crippen LogP contribution in [0.2, 0.25) is 0 Å². The second kappa shape index (κ2) is 12.3. The van der Waals surface area contributed by atoms with Crippen LogP contribution in [0.3, 0.4) is 0 Å². The minimum absolute atomic E-state index is 0.174. The van der Waals surface area contributed by atoms with Crippen molar-refractivity contribution >= 4 is 23.9 Å². The van der Waals surface area contributed by atoms with Gasteiger partial charge in [0.15, 0.2) is 0 Å². The van der Waals surface area contributed by atoms with E-state index in [4.69, 9.17) is 4.84 Å². The summed E-state index contributed by atoms with van der Waals surface area (Å²) in [5.74, 6) is -0.895. The summed E-state index contributed by atoms with van der Waals surface area (Å²) < 4.78 is 0. The highest BCUT2D eigenvalue weighted by Gasteiger charge is 2.44. The number of hydroxylamine groups is 4. The van der Waals surface area contributed by atoms with Gasteiger partial charge in [-0.1, -0.05) is 91.0 Å². The highest BCUT2D eigenvalue weighted by atomic mass is 16.7. The molecule has 0 unspecified atom stereocenters. The maximum absolute atomic E-state index is 12.5. The first-order chi connectivity index (χ1) is 18.8. The lowest BCUT2D eigenvalue weighted by molar-refractivity contribution is -0.167. The Morgan fingerprint density at radius 2 is 1.03 bits per heavy atom. The van der Waals surface area contributed by atoms with Crippen LogP contribution in [0.1, 0.15) is 16.7 Å². The normalized spacial score (nSPS) is 19.1. The quantitative estimate of drug-likeness (QED) is 0.370. The Balaban J connectivity index is 0.000000193. The van der Waals surface area contributed by atoms with E-state index in [9.17, 15) is 24.4 Å². The van der Waals surface area contributed by atoms with Crippen LogP contribution in [0.15, 0.2) is 91.0 Å². The Labute approximate surface area is 226 Å². The molecule has 10 heteroatoms. The number of benzene rings is 3. The Bertz CT molecular complexity index is 1310. The van der Waals surface area contributed by atoms with Crippen molar-refractivity contribution in [2.24, 2.45) is 0 Å². The molecular weight excluding hydrogens is 500 g/mol. The SMILES string of the molecule is CN1C(=O)N(O)C(=O)[C@@H]1Cc1ccccc1.CN1C(=O)N(OCc2ccccc2)C(=O)[C@@H]1Cc1ccccc1. The number of hydrogen-bond donors (Lipinski definition) is 1. The average Bonchev–Trinajstić information content (AvgIpc) is 3.28. The second-order valence-corrected chi connectivity index (χ2v) is 9.24. The summed E-state index contributed by atoms with van der Waals surface area (Å²) >= 11 is 0. The van der Waals surface area contributed by atoms with E-state index >= 15 is 0 Å². The maximum atomic E-state index is 12.5. The topological polar surface area (TPSA) is 111 Å². The van der Waals surface area contributed by atoms with Gasteiger partial charge in [-0.3, -0.25) is 19.6 Å². The molecule has 202 valence electrons. The van der Waals surface area contributed by atoms with E-state index in [0.29, 0.717) is 12.8 Å². The number of nitrogens with zero attached hydrogens (tertiary/aromatic N) is 4. The number of rotatable bonds is 7. The fourth-order valence-corrected chi connectivity index (χ4v) is 4.31. The van der Waals surface area contributed by atoms with Gasteiger partial charge >= 0.3 is 12.1 Å². The number of urea groups is 2. The summed E-state index contributed by atoms with van der Waals surface area (Å²) in [6, 6.07) is 26.2. The Hall–Kier alpha value is -4.54. The van der Waals surface area contributed by atoms with Gasteiger partial charge in [-0.05, 0) is 16.7 Å². The molecule has 3 aromatic rings. The van der Waals surface area contributed by atoms with Gasteiger partial charge in [0.2, 0.25) is 0 Å². The fourth-order valence-electron chi connectivity index (χ4n) is 4.31. The van der Waals surface area contributed by atoms with Crippen molar-refractivity contribution in [3.63, 3.8) is 0 Å². The number of carbonyl (C=O) groups is 4. The first-order valence-corrected chi connectivity index (χ1v) is 12.4. The van der Waals surface area contributed by atoms with Crippen LogP contribution in [0.4, 0.5) is 9.59 Å². The number of amides is 6. The lowest BCUT2D eigenvalue weighted by atomic mass is 10.1. The van der Waals surface area contributed by atoms with Gasteiger partial charge in [0.05, 0.1) is 0 Å². The lowest BCUT2D eigenvalue weighted by Crippen LogP contribution is -2.33. The molecule has 10 nitrogen and oxygen atoms in total. The molecule has 2 heterocycles. The molecule has 3 aromatic carbocycles. The molecule has 2 aliphatic rings. The standard InChI is InChI=1S/C18H18N2O3.C11H12N2O3/c1-19-16(12-14-8-4-2-5-9-14)17(21)20(18(19)22)23-13-15-10-6-3-7-11-15;1-12-9(10(14)13(16)11(12)15)7-8-5-3-2-4-6-8/h2-11,16H,12-13H2,1H3;2-6,9,16H,7H2,1H3/t16-;9-/m00/s1. The van der Waals surface area contributed by atoms with Crippen LogP contribution in [-0.2, 0) is 33.9 Å². The fraction of sp³-hybridized carbons (Fsp3) is 0.241. The zero-order valence-electron chi connectivity index (χ0n) is 21.7. The molecule has 2 aliphatic heterocycles. The molecular formula is C29H30N4O6. The molecule has 1 N–H and O–H groups in total. The van der Waals surface area contributed by atoms with Crippen LogP contribution >= 0.6 is 0 Å². The average molecular weight is 531 g/mol. The second-order valence-electron chi connectivity index (χ2n) is 9.24. The molecule has 39 heavy (non-hydrogen) atoms. The van der Waals surface area contributed by atoms with Crippen LogP contribution in [0.25, 0.3) is 0 Å². The molecule has 0 bridgehead atoms. The highest BCUT2D eigenvalue weighted by molar-refractivity contribution is 6.03. The summed E-state index contributed by atoms with van der Waals surface area (Å²) in [7, 11) is 3.13. The van der Waals surface area contributed by atoms with E-state index in [1.807, 2.05) is 91.0 Å². The van der Waals surface area contributed by atoms with Crippen molar-refractivity contribution in [1.29, 1.82) is 0 Å². The number of imide groups is 2. The summed E-state index contributed by atoms with van der Waals surface area (Å²) in [4.78, 5) is 55.7. The van der Waals surface area contributed by atoms with Gasteiger partial charge in [0.25, 0.3) is 11.8 Å². The van der Waals surface area contributed by atoms with Gasteiger partial charge in [-0.25, -0.2) is 9.59 Å². The van der Waals surface area contributed by atoms with Crippen LogP contribution in [-0.4, -0.2) is 75.2 Å². The Morgan fingerprint density at radius 1 is 0.615 bits per heavy atom. The van der Waals surface area contributed by atoms with E-state index in [2.05, 4.69) is 0 Å². The van der Waals surface area contributed by atoms with Crippen molar-refractivity contribution < 1.29 is 29.2 Å². The molecule has 0 aromatic heterocycles. The third-order valence-electron chi connectivity index (χ3n) is 6.62. The van der Waals surface area contributed by atoms with Crippen LogP contribution in [0.5, 0.6) is 0 Å². The van der Waals surface area contributed by atoms with E-state index in [0.717, 1.165) is 21.8 Å². The number of carbonyl (C=O) groups excluding carboxylic acids is 4. The smallest absolute Gasteiger partial charge is 0.313 e. The van der Waals surface area contributed by atoms with Crippen molar-refractivity contribution in [3.05, 3.63) is 108 Å². The molecule has 2 atom stereocenters. The summed E-state index contributed by atoms with van der Waals surface area (Å²) in [5.41, 5.74) is 2.87. The summed E-state index contributed by atoms with van der Waals surface area (Å²) in [6.07, 6.45) is 0.895. The highest BCUT2D eigenvalue weighted by Crippen LogP contribution is 2.21. The van der Waals surface area contributed by atoms with Gasteiger partial charge < -0.3 is 9.80 Å². The van der Waals surface area contributed by atoms with Gasteiger partial charge in [-0.15, -0.1) is 10.1 Å². The number of hydrogen-bond acceptors (Lipinski definition) is 6. The lowest BCUT2D eigenvalue weighted by Gasteiger charge is -2.15. The minimum Gasteiger partial charge on any atom is -0.313 e. The first kappa shape index (κ1) is 27.5. The van der Waals surface area contributed by atoms with Crippen LogP contribution < -0.4 is 0 Å². The largest absolute Gasteiger partial charge is 0.351 e. The van der Waals surface area contributed by atoms with Gasteiger partial charge in [-0.2, -0.15) is 0 Å². The maximum Gasteiger partial charge on any atom is 0.351 e. The summed E-state index contributed by atoms with van der Waals surface area (Å²) in [6.45, 7) is 0.185. The van der Waals surface area contributed by atoms with Crippen molar-refractivity contribution in [2.45, 2.75) is 31.5 Å². The molecule has 2 saturated heterocycles. The molecule has 0 aliphatic carbocycles. The molecule has 0 radical (unpaired) electrons. The third-order valence-corrected chi connectivity index (χ3v) is 6.62. The van der Waals surface area contributed by atoms with Crippen molar-refractivity contribution in [1.82, 2.24) is 19.9 Å².